The number of hydrogen-bond donors (Lipinski definition) is 2. The minimum atomic E-state index is -0.214. The Bertz CT molecular complexity index is 1400. The Morgan fingerprint density at radius 2 is 1.70 bits per heavy atom. The molecule has 37 heavy (non-hydrogen) atoms. The lowest BCUT2D eigenvalue weighted by atomic mass is 10.0. The zero-order chi connectivity index (χ0) is 26.5. The van der Waals surface area contributed by atoms with Crippen LogP contribution in [0.15, 0.2) is 42.5 Å². The lowest BCUT2D eigenvalue weighted by Gasteiger charge is -2.15. The van der Waals surface area contributed by atoms with Crippen LogP contribution in [0.2, 0.25) is 0 Å². The molecule has 0 saturated carbocycles. The van der Waals surface area contributed by atoms with Crippen molar-refractivity contribution in [2.45, 2.75) is 59.0 Å². The van der Waals surface area contributed by atoms with Crippen molar-refractivity contribution in [2.75, 3.05) is 20.0 Å². The number of amides is 1. The van der Waals surface area contributed by atoms with Crippen LogP contribution in [-0.4, -0.2) is 40.7 Å². The molecule has 1 atom stereocenters. The number of nitrogens with two attached hydrogens (primary N) is 1. The molecule has 0 saturated heterocycles. The molecule has 196 valence electrons. The first-order chi connectivity index (χ1) is 17.8. The first-order valence-corrected chi connectivity index (χ1v) is 12.9. The van der Waals surface area contributed by atoms with Gasteiger partial charge in [-0.3, -0.25) is 4.79 Å². The molecule has 3 N–H and O–H groups in total. The summed E-state index contributed by atoms with van der Waals surface area (Å²) < 4.78 is 12.7. The van der Waals surface area contributed by atoms with E-state index in [1.165, 1.54) is 0 Å². The van der Waals surface area contributed by atoms with Gasteiger partial charge in [0.2, 0.25) is 0 Å². The number of carbonyl (C=O) groups excluding carboxylic acids is 1. The largest absolute Gasteiger partial charge is 0.493 e. The summed E-state index contributed by atoms with van der Waals surface area (Å²) >= 11 is 0. The summed E-state index contributed by atoms with van der Waals surface area (Å²) in [4.78, 5) is 23.1. The number of anilines is 1. The summed E-state index contributed by atoms with van der Waals surface area (Å²) in [5, 5.41) is 3.14. The molecule has 0 aliphatic heterocycles. The molecule has 0 fully saturated rings. The van der Waals surface area contributed by atoms with Crippen LogP contribution >= 0.6 is 0 Å². The van der Waals surface area contributed by atoms with Crippen LogP contribution in [0.3, 0.4) is 0 Å². The Kier molecular flexibility index (Phi) is 8.16. The number of aromatic nitrogens is 3. The second-order valence-electron chi connectivity index (χ2n) is 9.94. The Morgan fingerprint density at radius 3 is 2.38 bits per heavy atom. The van der Waals surface area contributed by atoms with E-state index in [1.54, 1.807) is 14.2 Å². The Morgan fingerprint density at radius 1 is 1.00 bits per heavy atom. The Hall–Kier alpha value is -3.81. The fraction of sp³-hybridized carbons (Fsp3) is 0.414. The SMILES string of the molecule is COc1ccc(CCn2c(N)c(C(=O)N[C@@H](C)CCCC(C)C)c3nc4ccccc4nc32)cc1OC. The smallest absolute Gasteiger partial charge is 0.257 e. The van der Waals surface area contributed by atoms with Gasteiger partial charge in [-0.1, -0.05) is 44.9 Å². The van der Waals surface area contributed by atoms with Gasteiger partial charge in [0.05, 0.1) is 25.3 Å². The minimum Gasteiger partial charge on any atom is -0.493 e. The molecule has 8 heteroatoms. The van der Waals surface area contributed by atoms with Crippen molar-refractivity contribution < 1.29 is 14.3 Å². The van der Waals surface area contributed by atoms with Crippen molar-refractivity contribution in [2.24, 2.45) is 5.92 Å². The molecule has 0 aliphatic carbocycles. The number of hydrogen-bond acceptors (Lipinski definition) is 6. The summed E-state index contributed by atoms with van der Waals surface area (Å²) in [6.07, 6.45) is 3.77. The topological polar surface area (TPSA) is 104 Å². The van der Waals surface area contributed by atoms with Gasteiger partial charge in [-0.05, 0) is 55.5 Å². The molecule has 8 nitrogen and oxygen atoms in total. The van der Waals surface area contributed by atoms with Crippen molar-refractivity contribution in [3.8, 4) is 11.5 Å². The van der Waals surface area contributed by atoms with Crippen LogP contribution < -0.4 is 20.5 Å². The highest BCUT2D eigenvalue weighted by molar-refractivity contribution is 6.10. The van der Waals surface area contributed by atoms with Crippen molar-refractivity contribution in [3.05, 3.63) is 53.6 Å². The fourth-order valence-corrected chi connectivity index (χ4v) is 4.64. The van der Waals surface area contributed by atoms with Crippen molar-refractivity contribution in [3.63, 3.8) is 0 Å². The second-order valence-corrected chi connectivity index (χ2v) is 9.94. The van der Waals surface area contributed by atoms with Gasteiger partial charge in [0.1, 0.15) is 16.9 Å². The molecule has 2 aromatic carbocycles. The number of rotatable bonds is 11. The molecule has 2 heterocycles. The van der Waals surface area contributed by atoms with Crippen LogP contribution in [0.5, 0.6) is 11.5 Å². The summed E-state index contributed by atoms with van der Waals surface area (Å²) in [5.74, 6) is 2.15. The maximum absolute atomic E-state index is 13.5. The maximum atomic E-state index is 13.5. The number of benzene rings is 2. The summed E-state index contributed by atoms with van der Waals surface area (Å²) in [6, 6.07) is 13.5. The monoisotopic (exact) mass is 503 g/mol. The van der Waals surface area contributed by atoms with E-state index in [1.807, 2.05) is 54.0 Å². The molecule has 2 aromatic heterocycles. The number of fused-ring (bicyclic) bond motifs is 2. The van der Waals surface area contributed by atoms with Gasteiger partial charge in [-0.25, -0.2) is 9.97 Å². The molecule has 0 bridgehead atoms. The Labute approximate surface area is 218 Å². The Balaban J connectivity index is 1.67. The van der Waals surface area contributed by atoms with Gasteiger partial charge in [0.25, 0.3) is 5.91 Å². The maximum Gasteiger partial charge on any atom is 0.257 e. The zero-order valence-electron chi connectivity index (χ0n) is 22.4. The average molecular weight is 504 g/mol. The van der Waals surface area contributed by atoms with Crippen LogP contribution in [0.25, 0.3) is 22.2 Å². The van der Waals surface area contributed by atoms with Crippen molar-refractivity contribution >= 4 is 33.9 Å². The van der Waals surface area contributed by atoms with Crippen LogP contribution in [0.4, 0.5) is 5.82 Å². The summed E-state index contributed by atoms with van der Waals surface area (Å²) in [5.41, 5.74) is 10.7. The number of nitrogen functional groups attached to an aromatic ring is 1. The number of aryl methyl sites for hydroxylation is 2. The van der Waals surface area contributed by atoms with Gasteiger partial charge in [-0.15, -0.1) is 0 Å². The minimum absolute atomic E-state index is 0.0317. The third-order valence-corrected chi connectivity index (χ3v) is 6.69. The van der Waals surface area contributed by atoms with Crippen LogP contribution in [0, 0.1) is 5.92 Å². The van der Waals surface area contributed by atoms with E-state index in [4.69, 9.17) is 25.2 Å². The third kappa shape index (κ3) is 5.79. The molecule has 4 aromatic rings. The number of nitrogens with one attached hydrogen (secondary N) is 1. The van der Waals surface area contributed by atoms with Crippen molar-refractivity contribution in [1.29, 1.82) is 0 Å². The number of nitrogens with zero attached hydrogens (tertiary/aromatic N) is 3. The molecule has 0 spiro atoms. The van der Waals surface area contributed by atoms with Gasteiger partial charge >= 0.3 is 0 Å². The predicted octanol–water partition coefficient (Wildman–Crippen LogP) is 5.37. The predicted molar refractivity (Wildman–Crippen MR) is 148 cm³/mol. The molecule has 0 radical (unpaired) electrons. The fourth-order valence-electron chi connectivity index (χ4n) is 4.64. The van der Waals surface area contributed by atoms with E-state index in [-0.39, 0.29) is 11.9 Å². The van der Waals surface area contributed by atoms with E-state index in [9.17, 15) is 4.79 Å². The normalized spacial score (nSPS) is 12.3. The second kappa shape index (κ2) is 11.5. The van der Waals surface area contributed by atoms with Crippen LogP contribution in [0.1, 0.15) is 56.0 Å². The highest BCUT2D eigenvalue weighted by atomic mass is 16.5. The third-order valence-electron chi connectivity index (χ3n) is 6.69. The number of ether oxygens (including phenoxy) is 2. The van der Waals surface area contributed by atoms with Gasteiger partial charge in [0, 0.05) is 12.6 Å². The number of para-hydroxylation sites is 2. The first kappa shape index (κ1) is 26.3. The molecule has 0 aliphatic rings. The van der Waals surface area contributed by atoms with Crippen LogP contribution in [-0.2, 0) is 13.0 Å². The lowest BCUT2D eigenvalue weighted by Crippen LogP contribution is -2.33. The quantitative estimate of drug-likeness (QED) is 0.285. The molecule has 0 unspecified atom stereocenters. The highest BCUT2D eigenvalue weighted by Gasteiger charge is 2.25. The molecule has 4 rings (SSSR count). The van der Waals surface area contributed by atoms with E-state index in [0.717, 1.165) is 35.9 Å². The summed E-state index contributed by atoms with van der Waals surface area (Å²) in [6.45, 7) is 6.99. The number of carbonyl (C=O) groups is 1. The average Bonchev–Trinajstić information content (AvgIpc) is 3.15. The molecular formula is C29H37N5O3. The van der Waals surface area contributed by atoms with Gasteiger partial charge in [-0.2, -0.15) is 0 Å². The number of methoxy groups -OCH3 is 2. The van der Waals surface area contributed by atoms with E-state index in [0.29, 0.717) is 52.9 Å². The molecular weight excluding hydrogens is 466 g/mol. The van der Waals surface area contributed by atoms with Gasteiger partial charge in [0.15, 0.2) is 17.1 Å². The lowest BCUT2D eigenvalue weighted by molar-refractivity contribution is 0.0940. The van der Waals surface area contributed by atoms with E-state index >= 15 is 0 Å². The zero-order valence-corrected chi connectivity index (χ0v) is 22.4. The highest BCUT2D eigenvalue weighted by Crippen LogP contribution is 2.30. The van der Waals surface area contributed by atoms with E-state index in [2.05, 4.69) is 19.2 Å². The first-order valence-electron chi connectivity index (χ1n) is 12.9. The van der Waals surface area contributed by atoms with E-state index < -0.39 is 0 Å². The standard InChI is InChI=1S/C29H37N5O3/c1-18(2)9-8-10-19(3)31-29(35)25-26-28(33-22-12-7-6-11-21(22)32-26)34(27(25)30)16-15-20-13-14-23(36-4)24(17-20)37-5/h6-7,11-14,17-19H,8-10,15-16,30H2,1-5H3,(H,31,35)/t19-/m0/s1. The van der Waals surface area contributed by atoms with Gasteiger partial charge < -0.3 is 25.1 Å². The molecule has 1 amide bonds. The van der Waals surface area contributed by atoms with Crippen molar-refractivity contribution in [1.82, 2.24) is 19.9 Å². The summed E-state index contributed by atoms with van der Waals surface area (Å²) in [7, 11) is 3.24.